The minimum Gasteiger partial charge on any atom is -0.478 e. The van der Waals surface area contributed by atoms with E-state index in [0.717, 1.165) is 0 Å². The Kier molecular flexibility index (Phi) is 4.37. The van der Waals surface area contributed by atoms with Gasteiger partial charge in [-0.3, -0.25) is 4.79 Å². The van der Waals surface area contributed by atoms with E-state index in [-0.39, 0.29) is 18.0 Å². The average molecular weight is 287 g/mol. The number of amides is 1. The van der Waals surface area contributed by atoms with Gasteiger partial charge in [-0.05, 0) is 31.2 Å². The van der Waals surface area contributed by atoms with Gasteiger partial charge in [0.2, 0.25) is 5.91 Å². The lowest BCUT2D eigenvalue weighted by Gasteiger charge is -2.21. The van der Waals surface area contributed by atoms with E-state index in [1.807, 2.05) is 11.8 Å². The quantitative estimate of drug-likeness (QED) is 0.871. The lowest BCUT2D eigenvalue weighted by Crippen LogP contribution is -2.35. The molecule has 0 unspecified atom stereocenters. The maximum absolute atomic E-state index is 11.5. The molecule has 0 saturated heterocycles. The molecule has 0 atom stereocenters. The number of aromatic nitrogens is 1. The number of carbonyl (C=O) groups excluding carboxylic acids is 1. The second kappa shape index (κ2) is 6.21. The summed E-state index contributed by atoms with van der Waals surface area (Å²) in [6.45, 7) is 2.77. The molecular formula is C15H17N3O3. The fourth-order valence-corrected chi connectivity index (χ4v) is 2.11. The number of nitrogens with zero attached hydrogens (tertiary/aromatic N) is 2. The van der Waals surface area contributed by atoms with Crippen molar-refractivity contribution in [1.82, 2.24) is 10.3 Å². The van der Waals surface area contributed by atoms with Gasteiger partial charge in [-0.25, -0.2) is 9.78 Å². The van der Waals surface area contributed by atoms with Crippen molar-refractivity contribution >= 4 is 28.6 Å². The van der Waals surface area contributed by atoms with E-state index in [0.29, 0.717) is 23.3 Å². The first-order valence-electron chi connectivity index (χ1n) is 6.65. The fraction of sp³-hybridized carbons (Fsp3) is 0.267. The number of anilines is 1. The van der Waals surface area contributed by atoms with Gasteiger partial charge in [-0.2, -0.15) is 0 Å². The number of aromatic carboxylic acids is 1. The molecule has 0 radical (unpaired) electrons. The second-order valence-corrected chi connectivity index (χ2v) is 4.53. The average Bonchev–Trinajstić information content (AvgIpc) is 2.50. The van der Waals surface area contributed by atoms with Crippen LogP contribution in [-0.4, -0.2) is 42.1 Å². The molecule has 2 N–H and O–H groups in total. The number of hydrogen-bond acceptors (Lipinski definition) is 4. The highest BCUT2D eigenvalue weighted by Crippen LogP contribution is 2.21. The number of pyridine rings is 1. The molecule has 0 fully saturated rings. The molecule has 110 valence electrons. The van der Waals surface area contributed by atoms with Crippen LogP contribution in [0, 0.1) is 0 Å². The first kappa shape index (κ1) is 14.8. The van der Waals surface area contributed by atoms with Crippen molar-refractivity contribution in [2.75, 3.05) is 25.0 Å². The molecule has 0 bridgehead atoms. The molecule has 1 aromatic carbocycles. The summed E-state index contributed by atoms with van der Waals surface area (Å²) in [6, 6.07) is 8.44. The van der Waals surface area contributed by atoms with Crippen LogP contribution < -0.4 is 10.2 Å². The molecule has 1 amide bonds. The van der Waals surface area contributed by atoms with Crippen molar-refractivity contribution in [3.8, 4) is 0 Å². The smallest absolute Gasteiger partial charge is 0.336 e. The van der Waals surface area contributed by atoms with E-state index < -0.39 is 5.97 Å². The van der Waals surface area contributed by atoms with Crippen LogP contribution in [0.5, 0.6) is 0 Å². The minimum atomic E-state index is -0.979. The normalized spacial score (nSPS) is 10.4. The van der Waals surface area contributed by atoms with E-state index in [1.54, 1.807) is 37.4 Å². The summed E-state index contributed by atoms with van der Waals surface area (Å²) in [5.74, 6) is -0.429. The number of nitrogens with one attached hydrogen (secondary N) is 1. The number of fused-ring (bicyclic) bond motifs is 1. The van der Waals surface area contributed by atoms with Gasteiger partial charge in [0.05, 0.1) is 17.6 Å². The van der Waals surface area contributed by atoms with Gasteiger partial charge >= 0.3 is 5.97 Å². The van der Waals surface area contributed by atoms with Crippen LogP contribution in [0.25, 0.3) is 10.9 Å². The minimum absolute atomic E-state index is 0.0990. The summed E-state index contributed by atoms with van der Waals surface area (Å²) >= 11 is 0. The van der Waals surface area contributed by atoms with Crippen molar-refractivity contribution in [3.63, 3.8) is 0 Å². The monoisotopic (exact) mass is 287 g/mol. The zero-order valence-electron chi connectivity index (χ0n) is 12.0. The van der Waals surface area contributed by atoms with Crippen molar-refractivity contribution in [2.45, 2.75) is 6.92 Å². The molecule has 0 aliphatic heterocycles. The molecule has 6 nitrogen and oxygen atoms in total. The Hall–Kier alpha value is -2.63. The molecule has 0 aliphatic rings. The number of carboxylic acids is 1. The highest BCUT2D eigenvalue weighted by molar-refractivity contribution is 6.02. The largest absolute Gasteiger partial charge is 0.478 e. The zero-order valence-corrected chi connectivity index (χ0v) is 12.0. The Bertz CT molecular complexity index is 685. The lowest BCUT2D eigenvalue weighted by molar-refractivity contribution is -0.119. The van der Waals surface area contributed by atoms with Crippen LogP contribution in [0.1, 0.15) is 17.3 Å². The summed E-state index contributed by atoms with van der Waals surface area (Å²) in [5, 5.41) is 12.3. The van der Waals surface area contributed by atoms with Crippen LogP contribution in [0.2, 0.25) is 0 Å². The van der Waals surface area contributed by atoms with Crippen molar-refractivity contribution in [3.05, 3.63) is 35.9 Å². The van der Waals surface area contributed by atoms with Crippen LogP contribution >= 0.6 is 0 Å². The topological polar surface area (TPSA) is 82.5 Å². The zero-order chi connectivity index (χ0) is 15.4. The SMILES string of the molecule is CCN(CC(=O)NC)c1ccc2c(C(=O)O)cccc2n1. The molecule has 2 rings (SSSR count). The summed E-state index contributed by atoms with van der Waals surface area (Å²) in [5.41, 5.74) is 0.823. The first-order valence-corrected chi connectivity index (χ1v) is 6.65. The Morgan fingerprint density at radius 1 is 1.29 bits per heavy atom. The molecule has 2 aromatic rings. The second-order valence-electron chi connectivity index (χ2n) is 4.53. The third-order valence-electron chi connectivity index (χ3n) is 3.27. The number of benzene rings is 1. The highest BCUT2D eigenvalue weighted by Gasteiger charge is 2.13. The third-order valence-corrected chi connectivity index (χ3v) is 3.27. The standard InChI is InChI=1S/C15H17N3O3/c1-3-18(9-14(19)16-2)13-8-7-10-11(15(20)21)5-4-6-12(10)17-13/h4-8H,3,9H2,1-2H3,(H,16,19)(H,20,21). The van der Waals surface area contributed by atoms with E-state index in [1.165, 1.54) is 0 Å². The maximum Gasteiger partial charge on any atom is 0.336 e. The number of carbonyl (C=O) groups is 2. The van der Waals surface area contributed by atoms with Gasteiger partial charge in [0.15, 0.2) is 0 Å². The maximum atomic E-state index is 11.5. The summed E-state index contributed by atoms with van der Waals surface area (Å²) in [4.78, 5) is 29.0. The third kappa shape index (κ3) is 3.10. The number of rotatable bonds is 5. The summed E-state index contributed by atoms with van der Waals surface area (Å²) < 4.78 is 0. The van der Waals surface area contributed by atoms with Crippen LogP contribution in [-0.2, 0) is 4.79 Å². The van der Waals surface area contributed by atoms with Crippen LogP contribution in [0.15, 0.2) is 30.3 Å². The molecule has 21 heavy (non-hydrogen) atoms. The van der Waals surface area contributed by atoms with Gasteiger partial charge in [0.1, 0.15) is 5.82 Å². The van der Waals surface area contributed by atoms with Crippen molar-refractivity contribution < 1.29 is 14.7 Å². The fourth-order valence-electron chi connectivity index (χ4n) is 2.11. The van der Waals surface area contributed by atoms with Gasteiger partial charge < -0.3 is 15.3 Å². The van der Waals surface area contributed by atoms with Gasteiger partial charge in [-0.15, -0.1) is 0 Å². The van der Waals surface area contributed by atoms with Gasteiger partial charge in [0, 0.05) is 19.0 Å². The van der Waals surface area contributed by atoms with E-state index in [9.17, 15) is 9.59 Å². The summed E-state index contributed by atoms with van der Waals surface area (Å²) in [7, 11) is 1.59. The predicted octanol–water partition coefficient (Wildman–Crippen LogP) is 1.51. The Morgan fingerprint density at radius 3 is 2.67 bits per heavy atom. The molecule has 6 heteroatoms. The Morgan fingerprint density at radius 2 is 2.05 bits per heavy atom. The molecule has 1 heterocycles. The predicted molar refractivity (Wildman–Crippen MR) is 80.7 cm³/mol. The van der Waals surface area contributed by atoms with Crippen molar-refractivity contribution in [2.24, 2.45) is 0 Å². The highest BCUT2D eigenvalue weighted by atomic mass is 16.4. The lowest BCUT2D eigenvalue weighted by atomic mass is 10.1. The van der Waals surface area contributed by atoms with Crippen LogP contribution in [0.4, 0.5) is 5.82 Å². The van der Waals surface area contributed by atoms with Gasteiger partial charge in [0.25, 0.3) is 0 Å². The van der Waals surface area contributed by atoms with E-state index >= 15 is 0 Å². The number of hydrogen-bond donors (Lipinski definition) is 2. The number of carboxylic acid groups (broad SMARTS) is 1. The molecule has 0 aliphatic carbocycles. The van der Waals surface area contributed by atoms with Crippen LogP contribution in [0.3, 0.4) is 0 Å². The van der Waals surface area contributed by atoms with E-state index in [4.69, 9.17) is 5.11 Å². The molecule has 1 aromatic heterocycles. The Balaban J connectivity index is 2.42. The molecule has 0 saturated carbocycles. The molecular weight excluding hydrogens is 270 g/mol. The van der Waals surface area contributed by atoms with Gasteiger partial charge in [-0.1, -0.05) is 6.07 Å². The Labute approximate surface area is 122 Å². The first-order chi connectivity index (χ1) is 10.1. The van der Waals surface area contributed by atoms with Crippen molar-refractivity contribution in [1.29, 1.82) is 0 Å². The molecule has 0 spiro atoms. The number of likely N-dealkylation sites (N-methyl/N-ethyl adjacent to an activating group) is 2. The van der Waals surface area contributed by atoms with E-state index in [2.05, 4.69) is 10.3 Å². The summed E-state index contributed by atoms with van der Waals surface area (Å²) in [6.07, 6.45) is 0.